The van der Waals surface area contributed by atoms with E-state index in [0.29, 0.717) is 16.4 Å². The third kappa shape index (κ3) is 3.04. The summed E-state index contributed by atoms with van der Waals surface area (Å²) in [6.07, 6.45) is 0. The normalized spacial score (nSPS) is 10.3. The molecule has 0 saturated heterocycles. The summed E-state index contributed by atoms with van der Waals surface area (Å²) in [5.74, 6) is 0.0874. The second-order valence-corrected chi connectivity index (χ2v) is 4.61. The summed E-state index contributed by atoms with van der Waals surface area (Å²) < 4.78 is 5.50. The topological polar surface area (TPSA) is 68.0 Å². The molecule has 88 valence electrons. The van der Waals surface area contributed by atoms with Crippen molar-refractivity contribution in [2.45, 2.75) is 6.92 Å². The first-order valence-electron chi connectivity index (χ1n) is 4.62. The minimum atomic E-state index is -0.364. The van der Waals surface area contributed by atoms with Gasteiger partial charge in [-0.1, -0.05) is 32.7 Å². The molecule has 0 radical (unpaired) electrons. The van der Waals surface area contributed by atoms with Gasteiger partial charge in [-0.25, -0.2) is 0 Å². The van der Waals surface area contributed by atoms with Gasteiger partial charge >= 0.3 is 6.01 Å². The molecule has 2 aromatic rings. The zero-order chi connectivity index (χ0) is 12.4. The molecule has 0 fully saturated rings. The minimum Gasteiger partial charge on any atom is -0.315 e. The number of amides is 1. The van der Waals surface area contributed by atoms with Crippen molar-refractivity contribution in [2.75, 3.05) is 5.32 Å². The number of hydrogen-bond donors (Lipinski definition) is 1. The highest BCUT2D eigenvalue weighted by Gasteiger charge is 2.11. The first-order chi connectivity index (χ1) is 8.04. The zero-order valence-electron chi connectivity index (χ0n) is 8.70. The van der Waals surface area contributed by atoms with Crippen LogP contribution in [0.1, 0.15) is 16.2 Å². The van der Waals surface area contributed by atoms with Crippen molar-refractivity contribution in [3.05, 3.63) is 39.1 Å². The van der Waals surface area contributed by atoms with Crippen LogP contribution in [0.5, 0.6) is 0 Å². The number of aryl methyl sites for hydroxylation is 1. The molecule has 7 heteroatoms. The SMILES string of the molecule is Cc1noc(NC(=O)c2cc(Cl)cc(Br)c2)n1. The maximum atomic E-state index is 11.8. The van der Waals surface area contributed by atoms with Gasteiger partial charge in [0.25, 0.3) is 5.91 Å². The Labute approximate surface area is 110 Å². The molecule has 1 aromatic heterocycles. The number of nitrogens with one attached hydrogen (secondary N) is 1. The molecule has 5 nitrogen and oxygen atoms in total. The van der Waals surface area contributed by atoms with Crippen molar-refractivity contribution < 1.29 is 9.32 Å². The number of rotatable bonds is 2. The molecule has 1 aromatic carbocycles. The predicted octanol–water partition coefficient (Wildman–Crippen LogP) is 3.05. The van der Waals surface area contributed by atoms with Crippen LogP contribution in [0.4, 0.5) is 6.01 Å². The molecule has 0 aliphatic heterocycles. The van der Waals surface area contributed by atoms with E-state index in [4.69, 9.17) is 16.1 Å². The fraction of sp³-hybridized carbons (Fsp3) is 0.100. The van der Waals surface area contributed by atoms with Crippen LogP contribution in [-0.4, -0.2) is 16.0 Å². The largest absolute Gasteiger partial charge is 0.328 e. The molecular formula is C10H7BrClN3O2. The number of hydrogen-bond acceptors (Lipinski definition) is 4. The van der Waals surface area contributed by atoms with E-state index in [2.05, 4.69) is 31.4 Å². The Balaban J connectivity index is 2.19. The highest BCUT2D eigenvalue weighted by molar-refractivity contribution is 9.10. The Bertz CT molecular complexity index is 550. The number of carbonyl (C=O) groups is 1. The van der Waals surface area contributed by atoms with Crippen LogP contribution in [0, 0.1) is 6.92 Å². The molecule has 2 rings (SSSR count). The second-order valence-electron chi connectivity index (χ2n) is 3.26. The maximum Gasteiger partial charge on any atom is 0.328 e. The molecule has 0 spiro atoms. The van der Waals surface area contributed by atoms with Gasteiger partial charge in [0.15, 0.2) is 5.82 Å². The van der Waals surface area contributed by atoms with Gasteiger partial charge in [-0.3, -0.25) is 10.1 Å². The number of aromatic nitrogens is 2. The van der Waals surface area contributed by atoms with Crippen LogP contribution in [-0.2, 0) is 0 Å². The predicted molar refractivity (Wildman–Crippen MR) is 66.1 cm³/mol. The first-order valence-corrected chi connectivity index (χ1v) is 5.79. The third-order valence-corrected chi connectivity index (χ3v) is 2.55. The summed E-state index contributed by atoms with van der Waals surface area (Å²) in [5.41, 5.74) is 0.403. The second kappa shape index (κ2) is 4.85. The van der Waals surface area contributed by atoms with Crippen LogP contribution in [0.25, 0.3) is 0 Å². The van der Waals surface area contributed by atoms with Crippen LogP contribution >= 0.6 is 27.5 Å². The number of halogens is 2. The molecule has 0 aliphatic rings. The molecule has 17 heavy (non-hydrogen) atoms. The Morgan fingerprint density at radius 2 is 2.24 bits per heavy atom. The fourth-order valence-corrected chi connectivity index (χ4v) is 2.06. The van der Waals surface area contributed by atoms with Crippen molar-refractivity contribution in [3.8, 4) is 0 Å². The van der Waals surface area contributed by atoms with Crippen LogP contribution in [0.3, 0.4) is 0 Å². The summed E-state index contributed by atoms with van der Waals surface area (Å²) in [6.45, 7) is 1.66. The van der Waals surface area contributed by atoms with Gasteiger partial charge in [0.05, 0.1) is 0 Å². The highest BCUT2D eigenvalue weighted by Crippen LogP contribution is 2.20. The van der Waals surface area contributed by atoms with Gasteiger partial charge in [0, 0.05) is 15.1 Å². The maximum absolute atomic E-state index is 11.8. The van der Waals surface area contributed by atoms with Crippen molar-refractivity contribution >= 4 is 39.5 Å². The summed E-state index contributed by atoms with van der Waals surface area (Å²) in [6, 6.07) is 4.94. The summed E-state index contributed by atoms with van der Waals surface area (Å²) >= 11 is 9.09. The molecule has 0 unspecified atom stereocenters. The highest BCUT2D eigenvalue weighted by atomic mass is 79.9. The number of anilines is 1. The van der Waals surface area contributed by atoms with E-state index >= 15 is 0 Å². The quantitative estimate of drug-likeness (QED) is 0.924. The lowest BCUT2D eigenvalue weighted by Gasteiger charge is -2.01. The first kappa shape index (κ1) is 12.1. The van der Waals surface area contributed by atoms with Gasteiger partial charge in [-0.15, -0.1) is 0 Å². The van der Waals surface area contributed by atoms with Crippen molar-refractivity contribution in [2.24, 2.45) is 0 Å². The van der Waals surface area contributed by atoms with Crippen LogP contribution < -0.4 is 5.32 Å². The number of benzene rings is 1. The van der Waals surface area contributed by atoms with Crippen LogP contribution in [0.2, 0.25) is 5.02 Å². The molecule has 1 heterocycles. The fourth-order valence-electron chi connectivity index (χ4n) is 1.20. The van der Waals surface area contributed by atoms with E-state index in [1.807, 2.05) is 0 Å². The molecular weight excluding hydrogens is 309 g/mol. The molecule has 0 saturated carbocycles. The van der Waals surface area contributed by atoms with Gasteiger partial charge in [0.1, 0.15) is 0 Å². The van der Waals surface area contributed by atoms with Crippen molar-refractivity contribution in [3.63, 3.8) is 0 Å². The van der Waals surface area contributed by atoms with Gasteiger partial charge in [0.2, 0.25) is 0 Å². The lowest BCUT2D eigenvalue weighted by Crippen LogP contribution is -2.12. The van der Waals surface area contributed by atoms with Gasteiger partial charge in [-0.05, 0) is 25.1 Å². The summed E-state index contributed by atoms with van der Waals surface area (Å²) in [5, 5.41) is 6.50. The van der Waals surface area contributed by atoms with Gasteiger partial charge in [-0.2, -0.15) is 4.98 Å². The lowest BCUT2D eigenvalue weighted by atomic mass is 10.2. The number of carbonyl (C=O) groups excluding carboxylic acids is 1. The van der Waals surface area contributed by atoms with E-state index in [-0.39, 0.29) is 11.9 Å². The van der Waals surface area contributed by atoms with E-state index in [1.165, 1.54) is 0 Å². The van der Waals surface area contributed by atoms with Crippen LogP contribution in [0.15, 0.2) is 27.2 Å². The van der Waals surface area contributed by atoms with Crippen molar-refractivity contribution in [1.29, 1.82) is 0 Å². The molecule has 0 atom stereocenters. The molecule has 1 amide bonds. The molecule has 1 N–H and O–H groups in total. The smallest absolute Gasteiger partial charge is 0.315 e. The van der Waals surface area contributed by atoms with Crippen molar-refractivity contribution in [1.82, 2.24) is 10.1 Å². The average Bonchev–Trinajstić information content (AvgIpc) is 2.62. The van der Waals surface area contributed by atoms with E-state index < -0.39 is 0 Å². The van der Waals surface area contributed by atoms with Gasteiger partial charge < -0.3 is 4.52 Å². The zero-order valence-corrected chi connectivity index (χ0v) is 11.0. The standard InChI is InChI=1S/C10H7BrClN3O2/c1-5-13-10(17-15-5)14-9(16)6-2-7(11)4-8(12)3-6/h2-4H,1H3,(H,13,14,15,16). The third-order valence-electron chi connectivity index (χ3n) is 1.87. The van der Waals surface area contributed by atoms with E-state index in [0.717, 1.165) is 4.47 Å². The van der Waals surface area contributed by atoms with E-state index in [1.54, 1.807) is 25.1 Å². The Kier molecular flexibility index (Phi) is 3.44. The molecule has 0 aliphatic carbocycles. The molecule has 0 bridgehead atoms. The van der Waals surface area contributed by atoms with E-state index in [9.17, 15) is 4.79 Å². The minimum absolute atomic E-state index is 0.0589. The summed E-state index contributed by atoms with van der Waals surface area (Å²) in [7, 11) is 0. The Morgan fingerprint density at radius 1 is 1.47 bits per heavy atom. The number of nitrogens with zero attached hydrogens (tertiary/aromatic N) is 2. The Hall–Kier alpha value is -1.40. The lowest BCUT2D eigenvalue weighted by molar-refractivity contribution is 0.102. The summed E-state index contributed by atoms with van der Waals surface area (Å²) in [4.78, 5) is 15.7. The monoisotopic (exact) mass is 315 g/mol. The average molecular weight is 317 g/mol. The Morgan fingerprint density at radius 3 is 2.82 bits per heavy atom.